The fraction of sp³-hybridized carbons (Fsp3) is 0.571. The normalized spacial score (nSPS) is 17.5. The van der Waals surface area contributed by atoms with Gasteiger partial charge in [-0.3, -0.25) is 9.59 Å². The highest BCUT2D eigenvalue weighted by atomic mass is 32.1. The summed E-state index contributed by atoms with van der Waals surface area (Å²) in [5.74, 6) is -1.29. The number of carbonyl (C=O) groups excluding carboxylic acids is 2. The van der Waals surface area contributed by atoms with Crippen LogP contribution in [0, 0.1) is 0 Å². The first-order chi connectivity index (χ1) is 10.1. The Labute approximate surface area is 127 Å². The minimum absolute atomic E-state index is 0.362. The van der Waals surface area contributed by atoms with Gasteiger partial charge in [0.05, 0.1) is 0 Å². The number of aliphatic hydroxyl groups excluding tert-OH is 2. The van der Waals surface area contributed by atoms with Gasteiger partial charge in [0.1, 0.15) is 0 Å². The highest BCUT2D eigenvalue weighted by Crippen LogP contribution is 2.11. The number of hydrogen-bond donors (Lipinski definition) is 3. The summed E-state index contributed by atoms with van der Waals surface area (Å²) in [7, 11) is 0. The molecular formula is C14H20N2O4S. The van der Waals surface area contributed by atoms with E-state index in [0.717, 1.165) is 17.7 Å². The number of nitrogens with zero attached hydrogens (tertiary/aromatic N) is 1. The predicted octanol–water partition coefficient (Wildman–Crippen LogP) is -0.249. The first-order valence-corrected chi connectivity index (χ1v) is 7.92. The second-order valence-electron chi connectivity index (χ2n) is 5.04. The zero-order valence-electron chi connectivity index (χ0n) is 11.7. The smallest absolute Gasteiger partial charge is 0.254 e. The third-order valence-corrected chi connectivity index (χ3v) is 4.43. The monoisotopic (exact) mass is 312 g/mol. The second-order valence-corrected chi connectivity index (χ2v) is 6.07. The number of thiophene rings is 1. The summed E-state index contributed by atoms with van der Waals surface area (Å²) >= 11 is 1.59. The van der Waals surface area contributed by atoms with Crippen LogP contribution in [0.4, 0.5) is 0 Å². The van der Waals surface area contributed by atoms with Gasteiger partial charge >= 0.3 is 0 Å². The molecule has 2 atom stereocenters. The Morgan fingerprint density at radius 3 is 2.62 bits per heavy atom. The standard InChI is InChI=1S/C14H20N2O4S/c17-11(12(18)14(20)16-7-1-2-8-16)13(19)15-6-5-10-4-3-9-21-10/h3-4,9,11-12,17-18H,1-2,5-8H2,(H,15,19)/t11-,12-/m1/s1. The molecule has 2 amide bonds. The van der Waals surface area contributed by atoms with Gasteiger partial charge in [0.2, 0.25) is 0 Å². The average molecular weight is 312 g/mol. The third kappa shape index (κ3) is 4.26. The van der Waals surface area contributed by atoms with E-state index in [9.17, 15) is 19.8 Å². The van der Waals surface area contributed by atoms with Crippen LogP contribution in [0.25, 0.3) is 0 Å². The van der Waals surface area contributed by atoms with E-state index in [4.69, 9.17) is 0 Å². The number of nitrogens with one attached hydrogen (secondary N) is 1. The summed E-state index contributed by atoms with van der Waals surface area (Å²) in [4.78, 5) is 26.2. The number of hydrogen-bond acceptors (Lipinski definition) is 5. The minimum atomic E-state index is -1.72. The molecule has 0 bridgehead atoms. The largest absolute Gasteiger partial charge is 0.380 e. The van der Waals surface area contributed by atoms with Crippen LogP contribution in [0.5, 0.6) is 0 Å². The molecule has 7 heteroatoms. The fourth-order valence-electron chi connectivity index (χ4n) is 2.27. The Balaban J connectivity index is 1.76. The molecule has 1 saturated heterocycles. The first-order valence-electron chi connectivity index (χ1n) is 7.04. The molecule has 0 unspecified atom stereocenters. The van der Waals surface area contributed by atoms with Crippen LogP contribution in [0.3, 0.4) is 0 Å². The van der Waals surface area contributed by atoms with Crippen LogP contribution in [-0.4, -0.2) is 58.8 Å². The number of aliphatic hydroxyl groups is 2. The molecule has 1 aliphatic rings. The van der Waals surface area contributed by atoms with Gasteiger partial charge in [0.25, 0.3) is 11.8 Å². The molecule has 0 saturated carbocycles. The molecule has 0 radical (unpaired) electrons. The van der Waals surface area contributed by atoms with Gasteiger partial charge in [0, 0.05) is 24.5 Å². The van der Waals surface area contributed by atoms with Crippen molar-refractivity contribution in [2.45, 2.75) is 31.5 Å². The summed E-state index contributed by atoms with van der Waals surface area (Å²) in [5, 5.41) is 24.1. The topological polar surface area (TPSA) is 89.9 Å². The van der Waals surface area contributed by atoms with Gasteiger partial charge in [-0.2, -0.15) is 0 Å². The van der Waals surface area contributed by atoms with Crippen molar-refractivity contribution >= 4 is 23.2 Å². The lowest BCUT2D eigenvalue weighted by Gasteiger charge is -2.22. The zero-order chi connectivity index (χ0) is 15.2. The summed E-state index contributed by atoms with van der Waals surface area (Å²) in [6.45, 7) is 1.51. The SMILES string of the molecule is O=C(NCCc1cccs1)[C@H](O)[C@@H](O)C(=O)N1CCCC1. The lowest BCUT2D eigenvalue weighted by Crippen LogP contribution is -2.50. The first kappa shape index (κ1) is 15.9. The summed E-state index contributed by atoms with van der Waals surface area (Å²) in [5.41, 5.74) is 0. The van der Waals surface area contributed by atoms with Crippen molar-refractivity contribution in [3.63, 3.8) is 0 Å². The molecule has 1 aromatic rings. The van der Waals surface area contributed by atoms with E-state index in [1.54, 1.807) is 11.3 Å². The van der Waals surface area contributed by atoms with Gasteiger partial charge in [-0.1, -0.05) is 6.07 Å². The maximum absolute atomic E-state index is 11.9. The maximum atomic E-state index is 11.9. The van der Waals surface area contributed by atoms with Gasteiger partial charge in [-0.15, -0.1) is 11.3 Å². The minimum Gasteiger partial charge on any atom is -0.380 e. The van der Waals surface area contributed by atoms with Crippen LogP contribution in [0.2, 0.25) is 0 Å². The van der Waals surface area contributed by atoms with Gasteiger partial charge in [-0.25, -0.2) is 0 Å². The number of likely N-dealkylation sites (tertiary alicyclic amines) is 1. The highest BCUT2D eigenvalue weighted by Gasteiger charge is 2.34. The molecule has 0 spiro atoms. The number of rotatable bonds is 6. The molecule has 2 rings (SSSR count). The van der Waals surface area contributed by atoms with E-state index < -0.39 is 24.0 Å². The van der Waals surface area contributed by atoms with Crippen molar-refractivity contribution in [1.82, 2.24) is 10.2 Å². The third-order valence-electron chi connectivity index (χ3n) is 3.49. The van der Waals surface area contributed by atoms with Crippen LogP contribution in [-0.2, 0) is 16.0 Å². The molecule has 1 fully saturated rings. The lowest BCUT2D eigenvalue weighted by molar-refractivity contribution is -0.152. The van der Waals surface area contributed by atoms with Gasteiger partial charge in [-0.05, 0) is 30.7 Å². The van der Waals surface area contributed by atoms with Crippen molar-refractivity contribution in [1.29, 1.82) is 0 Å². The fourth-order valence-corrected chi connectivity index (χ4v) is 2.98. The lowest BCUT2D eigenvalue weighted by atomic mass is 10.1. The molecule has 1 aliphatic heterocycles. The second kappa shape index (κ2) is 7.53. The van der Waals surface area contributed by atoms with Crippen LogP contribution >= 0.6 is 11.3 Å². The van der Waals surface area contributed by atoms with Crippen LogP contribution in [0.15, 0.2) is 17.5 Å². The Morgan fingerprint density at radius 2 is 2.00 bits per heavy atom. The van der Waals surface area contributed by atoms with Gasteiger partial charge in [0.15, 0.2) is 12.2 Å². The van der Waals surface area contributed by atoms with E-state index in [1.165, 1.54) is 4.90 Å². The van der Waals surface area contributed by atoms with Crippen molar-refractivity contribution in [2.24, 2.45) is 0 Å². The summed E-state index contributed by atoms with van der Waals surface area (Å²) in [6, 6.07) is 3.88. The van der Waals surface area contributed by atoms with E-state index in [1.807, 2.05) is 17.5 Å². The molecule has 1 aromatic heterocycles. The van der Waals surface area contributed by atoms with Crippen LogP contribution in [0.1, 0.15) is 17.7 Å². The molecule has 2 heterocycles. The molecular weight excluding hydrogens is 292 g/mol. The molecule has 116 valence electrons. The Kier molecular flexibility index (Phi) is 5.72. The summed E-state index contributed by atoms with van der Waals surface area (Å²) < 4.78 is 0. The molecule has 0 aliphatic carbocycles. The van der Waals surface area contributed by atoms with Crippen molar-refractivity contribution in [3.8, 4) is 0 Å². The van der Waals surface area contributed by atoms with E-state index in [-0.39, 0.29) is 0 Å². The van der Waals surface area contributed by atoms with Crippen LogP contribution < -0.4 is 5.32 Å². The Hall–Kier alpha value is -1.44. The van der Waals surface area contributed by atoms with E-state index in [2.05, 4.69) is 5.32 Å². The maximum Gasteiger partial charge on any atom is 0.254 e. The Bertz CT molecular complexity index is 471. The van der Waals surface area contributed by atoms with Crippen molar-refractivity contribution in [2.75, 3.05) is 19.6 Å². The van der Waals surface area contributed by atoms with Crippen molar-refractivity contribution < 1.29 is 19.8 Å². The van der Waals surface area contributed by atoms with Gasteiger partial charge < -0.3 is 20.4 Å². The zero-order valence-corrected chi connectivity index (χ0v) is 12.5. The molecule has 6 nitrogen and oxygen atoms in total. The highest BCUT2D eigenvalue weighted by molar-refractivity contribution is 7.09. The average Bonchev–Trinajstić information content (AvgIpc) is 3.17. The Morgan fingerprint density at radius 1 is 1.29 bits per heavy atom. The molecule has 3 N–H and O–H groups in total. The quantitative estimate of drug-likeness (QED) is 0.676. The number of amides is 2. The predicted molar refractivity (Wildman–Crippen MR) is 78.9 cm³/mol. The molecule has 21 heavy (non-hydrogen) atoms. The van der Waals surface area contributed by atoms with E-state index >= 15 is 0 Å². The number of carbonyl (C=O) groups is 2. The molecule has 0 aromatic carbocycles. The summed E-state index contributed by atoms with van der Waals surface area (Å²) in [6.07, 6.45) is -0.971. The van der Waals surface area contributed by atoms with E-state index in [0.29, 0.717) is 26.1 Å². The van der Waals surface area contributed by atoms with Crippen molar-refractivity contribution in [3.05, 3.63) is 22.4 Å².